The van der Waals surface area contributed by atoms with E-state index in [1.165, 1.54) is 6.20 Å². The molecule has 19 heavy (non-hydrogen) atoms. The van der Waals surface area contributed by atoms with E-state index in [4.69, 9.17) is 0 Å². The van der Waals surface area contributed by atoms with Crippen LogP contribution in [0.4, 0.5) is 11.6 Å². The number of aromatic nitrogens is 3. The van der Waals surface area contributed by atoms with Crippen molar-refractivity contribution in [1.29, 1.82) is 0 Å². The topological polar surface area (TPSA) is 93.8 Å². The summed E-state index contributed by atoms with van der Waals surface area (Å²) in [4.78, 5) is 22.5. The predicted octanol–water partition coefficient (Wildman–Crippen LogP) is 1.80. The summed E-state index contributed by atoms with van der Waals surface area (Å²) in [5.74, 6) is 0.400. The van der Waals surface area contributed by atoms with E-state index < -0.39 is 4.92 Å². The Balaban J connectivity index is 2.35. The van der Waals surface area contributed by atoms with E-state index in [2.05, 4.69) is 20.3 Å². The fourth-order valence-electron chi connectivity index (χ4n) is 1.63. The zero-order valence-corrected chi connectivity index (χ0v) is 10.4. The van der Waals surface area contributed by atoms with Crippen molar-refractivity contribution in [2.45, 2.75) is 13.3 Å². The molecule has 0 radical (unpaired) electrons. The van der Waals surface area contributed by atoms with Crippen LogP contribution in [0.3, 0.4) is 0 Å². The first-order chi connectivity index (χ1) is 9.20. The Morgan fingerprint density at radius 2 is 2.11 bits per heavy atom. The second-order valence-electron chi connectivity index (χ2n) is 3.85. The Labute approximate surface area is 109 Å². The molecule has 1 N–H and O–H groups in total. The standard InChI is InChI=1S/C12H13N5O2/c1-2-14-12-15-8-11(17(18)19)10(16-12)7-9-3-5-13-6-4-9/h3-6,8H,2,7H2,1H3,(H,14,15,16). The lowest BCUT2D eigenvalue weighted by Gasteiger charge is -2.05. The summed E-state index contributed by atoms with van der Waals surface area (Å²) in [6.07, 6.45) is 4.91. The molecule has 98 valence electrons. The highest BCUT2D eigenvalue weighted by atomic mass is 16.6. The van der Waals surface area contributed by atoms with Gasteiger partial charge in [0.1, 0.15) is 11.9 Å². The van der Waals surface area contributed by atoms with Gasteiger partial charge < -0.3 is 5.32 Å². The summed E-state index contributed by atoms with van der Waals surface area (Å²) >= 11 is 0. The van der Waals surface area contributed by atoms with E-state index in [-0.39, 0.29) is 5.69 Å². The first-order valence-electron chi connectivity index (χ1n) is 5.83. The van der Waals surface area contributed by atoms with Crippen LogP contribution >= 0.6 is 0 Å². The Kier molecular flexibility index (Phi) is 3.97. The van der Waals surface area contributed by atoms with Crippen LogP contribution in [0.15, 0.2) is 30.7 Å². The van der Waals surface area contributed by atoms with Crippen LogP contribution in [0.1, 0.15) is 18.2 Å². The number of hydrogen-bond donors (Lipinski definition) is 1. The van der Waals surface area contributed by atoms with Crippen LogP contribution in [0.5, 0.6) is 0 Å². The minimum Gasteiger partial charge on any atom is -0.354 e. The lowest BCUT2D eigenvalue weighted by molar-refractivity contribution is -0.386. The maximum Gasteiger partial charge on any atom is 0.309 e. The van der Waals surface area contributed by atoms with E-state index in [0.717, 1.165) is 5.56 Å². The lowest BCUT2D eigenvalue weighted by Crippen LogP contribution is -2.07. The molecule has 0 aromatic carbocycles. The molecule has 2 aromatic heterocycles. The third-order valence-electron chi connectivity index (χ3n) is 2.50. The molecule has 2 rings (SSSR count). The van der Waals surface area contributed by atoms with Gasteiger partial charge in [0.25, 0.3) is 0 Å². The van der Waals surface area contributed by atoms with Gasteiger partial charge in [0.15, 0.2) is 0 Å². The molecule has 0 atom stereocenters. The molecular formula is C12H13N5O2. The Hall–Kier alpha value is -2.57. The molecular weight excluding hydrogens is 246 g/mol. The Bertz CT molecular complexity index is 574. The van der Waals surface area contributed by atoms with Gasteiger partial charge in [-0.2, -0.15) is 0 Å². The second kappa shape index (κ2) is 5.85. The molecule has 0 aliphatic rings. The van der Waals surface area contributed by atoms with Gasteiger partial charge >= 0.3 is 5.69 Å². The lowest BCUT2D eigenvalue weighted by atomic mass is 10.1. The summed E-state index contributed by atoms with van der Waals surface area (Å²) in [6.45, 7) is 2.57. The van der Waals surface area contributed by atoms with Crippen LogP contribution in [0.2, 0.25) is 0 Å². The summed E-state index contributed by atoms with van der Waals surface area (Å²) in [7, 11) is 0. The first-order valence-corrected chi connectivity index (χ1v) is 5.83. The number of pyridine rings is 1. The van der Waals surface area contributed by atoms with Crippen LogP contribution in [-0.2, 0) is 6.42 Å². The molecule has 0 unspecified atom stereocenters. The van der Waals surface area contributed by atoms with E-state index in [1.54, 1.807) is 24.5 Å². The molecule has 0 saturated carbocycles. The maximum atomic E-state index is 11.0. The Morgan fingerprint density at radius 3 is 2.74 bits per heavy atom. The Morgan fingerprint density at radius 1 is 1.37 bits per heavy atom. The molecule has 7 nitrogen and oxygen atoms in total. The molecule has 2 heterocycles. The molecule has 0 aliphatic carbocycles. The molecule has 0 spiro atoms. The van der Waals surface area contributed by atoms with Crippen molar-refractivity contribution in [3.63, 3.8) is 0 Å². The number of nitrogens with one attached hydrogen (secondary N) is 1. The summed E-state index contributed by atoms with van der Waals surface area (Å²) in [5.41, 5.74) is 1.24. The van der Waals surface area contributed by atoms with Gasteiger partial charge in [-0.15, -0.1) is 0 Å². The van der Waals surface area contributed by atoms with E-state index in [0.29, 0.717) is 24.6 Å². The highest BCUT2D eigenvalue weighted by Gasteiger charge is 2.17. The van der Waals surface area contributed by atoms with Crippen molar-refractivity contribution < 1.29 is 4.92 Å². The molecule has 0 saturated heterocycles. The van der Waals surface area contributed by atoms with Crippen LogP contribution in [-0.4, -0.2) is 26.4 Å². The van der Waals surface area contributed by atoms with Gasteiger partial charge in [0.05, 0.1) is 4.92 Å². The van der Waals surface area contributed by atoms with Crippen molar-refractivity contribution >= 4 is 11.6 Å². The smallest absolute Gasteiger partial charge is 0.309 e. The van der Waals surface area contributed by atoms with Gasteiger partial charge in [0, 0.05) is 25.4 Å². The number of anilines is 1. The summed E-state index contributed by atoms with van der Waals surface area (Å²) in [5, 5.41) is 13.9. The van der Waals surface area contributed by atoms with E-state index in [9.17, 15) is 10.1 Å². The predicted molar refractivity (Wildman–Crippen MR) is 69.9 cm³/mol. The average molecular weight is 259 g/mol. The number of rotatable bonds is 5. The monoisotopic (exact) mass is 259 g/mol. The van der Waals surface area contributed by atoms with Crippen molar-refractivity contribution in [3.05, 3.63) is 52.1 Å². The van der Waals surface area contributed by atoms with Crippen LogP contribution in [0.25, 0.3) is 0 Å². The van der Waals surface area contributed by atoms with Crippen molar-refractivity contribution in [3.8, 4) is 0 Å². The minimum absolute atomic E-state index is 0.0709. The van der Waals surface area contributed by atoms with Crippen LogP contribution < -0.4 is 5.32 Å². The fraction of sp³-hybridized carbons (Fsp3) is 0.250. The van der Waals surface area contributed by atoms with Gasteiger partial charge in [-0.05, 0) is 24.6 Å². The molecule has 2 aromatic rings. The summed E-state index contributed by atoms with van der Waals surface area (Å²) < 4.78 is 0. The number of nitrogens with zero attached hydrogens (tertiary/aromatic N) is 4. The molecule has 0 bridgehead atoms. The van der Waals surface area contributed by atoms with E-state index >= 15 is 0 Å². The van der Waals surface area contributed by atoms with Crippen LogP contribution in [0, 0.1) is 10.1 Å². The SMILES string of the molecule is CCNc1ncc([N+](=O)[O-])c(Cc2ccncc2)n1. The highest BCUT2D eigenvalue weighted by molar-refractivity contribution is 5.40. The van der Waals surface area contributed by atoms with Gasteiger partial charge in [0.2, 0.25) is 5.95 Å². The van der Waals surface area contributed by atoms with Gasteiger partial charge in [-0.1, -0.05) is 0 Å². The molecule has 0 aliphatic heterocycles. The molecule has 0 amide bonds. The average Bonchev–Trinajstić information content (AvgIpc) is 2.40. The molecule has 7 heteroatoms. The maximum absolute atomic E-state index is 11.0. The largest absolute Gasteiger partial charge is 0.354 e. The zero-order valence-electron chi connectivity index (χ0n) is 10.4. The van der Waals surface area contributed by atoms with Crippen molar-refractivity contribution in [1.82, 2.24) is 15.0 Å². The first kappa shape index (κ1) is 12.9. The van der Waals surface area contributed by atoms with Gasteiger partial charge in [-0.25, -0.2) is 9.97 Å². The van der Waals surface area contributed by atoms with E-state index in [1.807, 2.05) is 6.92 Å². The third kappa shape index (κ3) is 3.21. The van der Waals surface area contributed by atoms with Crippen molar-refractivity contribution in [2.75, 3.05) is 11.9 Å². The summed E-state index contributed by atoms with van der Waals surface area (Å²) in [6, 6.07) is 3.61. The minimum atomic E-state index is -0.466. The number of hydrogen-bond acceptors (Lipinski definition) is 6. The normalized spacial score (nSPS) is 10.2. The highest BCUT2D eigenvalue weighted by Crippen LogP contribution is 2.19. The fourth-order valence-corrected chi connectivity index (χ4v) is 1.63. The third-order valence-corrected chi connectivity index (χ3v) is 2.50. The van der Waals surface area contributed by atoms with Crippen molar-refractivity contribution in [2.24, 2.45) is 0 Å². The zero-order chi connectivity index (χ0) is 13.7. The number of nitro groups is 1. The van der Waals surface area contributed by atoms with Gasteiger partial charge in [-0.3, -0.25) is 15.1 Å². The quantitative estimate of drug-likeness (QED) is 0.650. The molecule has 0 fully saturated rings. The second-order valence-corrected chi connectivity index (χ2v) is 3.85.